The number of thioether (sulfide) groups is 1. The summed E-state index contributed by atoms with van der Waals surface area (Å²) < 4.78 is 2.31. The van der Waals surface area contributed by atoms with E-state index in [1.54, 1.807) is 23.1 Å². The van der Waals surface area contributed by atoms with Gasteiger partial charge in [-0.15, -0.1) is 23.7 Å². The zero-order chi connectivity index (χ0) is 17.9. The topological polar surface area (TPSA) is 45.2 Å². The standard InChI is InChI=1S/C20H21N3OS2.ClH/c1-14-12-23(11-10-21-14)19(24)16-8-6-15(7-9-16)13-25-20-22-17-4-2-3-5-18(17)26-20;/h2-9,14,21H,10-13H2,1H3;1H/t14-;/m1./s1. The van der Waals surface area contributed by atoms with Crippen molar-refractivity contribution >= 4 is 51.6 Å². The molecule has 0 unspecified atom stereocenters. The van der Waals surface area contributed by atoms with Crippen molar-refractivity contribution in [2.45, 2.75) is 23.1 Å². The fourth-order valence-electron chi connectivity index (χ4n) is 3.10. The number of carbonyl (C=O) groups is 1. The van der Waals surface area contributed by atoms with Crippen molar-refractivity contribution in [3.63, 3.8) is 0 Å². The first-order chi connectivity index (χ1) is 12.7. The van der Waals surface area contributed by atoms with Gasteiger partial charge in [-0.05, 0) is 36.8 Å². The molecule has 1 atom stereocenters. The molecule has 1 N–H and O–H groups in total. The molecule has 1 amide bonds. The van der Waals surface area contributed by atoms with Crippen molar-refractivity contribution in [1.29, 1.82) is 0 Å². The van der Waals surface area contributed by atoms with E-state index in [0.29, 0.717) is 6.04 Å². The van der Waals surface area contributed by atoms with Gasteiger partial charge < -0.3 is 10.2 Å². The lowest BCUT2D eigenvalue weighted by molar-refractivity contribution is 0.0709. The maximum Gasteiger partial charge on any atom is 0.253 e. The molecule has 0 saturated carbocycles. The summed E-state index contributed by atoms with van der Waals surface area (Å²) in [5.41, 5.74) is 3.04. The van der Waals surface area contributed by atoms with Gasteiger partial charge in [0.05, 0.1) is 10.2 Å². The molecule has 0 bridgehead atoms. The first kappa shape index (κ1) is 20.1. The smallest absolute Gasteiger partial charge is 0.253 e. The highest BCUT2D eigenvalue weighted by Crippen LogP contribution is 2.31. The molecule has 4 rings (SSSR count). The zero-order valence-corrected chi connectivity index (χ0v) is 17.5. The van der Waals surface area contributed by atoms with Gasteiger partial charge in [-0.3, -0.25) is 4.79 Å². The lowest BCUT2D eigenvalue weighted by Crippen LogP contribution is -2.51. The van der Waals surface area contributed by atoms with Gasteiger partial charge in [0.2, 0.25) is 0 Å². The zero-order valence-electron chi connectivity index (χ0n) is 15.1. The Bertz CT molecular complexity index is 880. The number of nitrogens with one attached hydrogen (secondary N) is 1. The molecule has 3 aromatic rings. The first-order valence-electron chi connectivity index (χ1n) is 8.79. The lowest BCUT2D eigenvalue weighted by Gasteiger charge is -2.32. The minimum Gasteiger partial charge on any atom is -0.336 e. The molecule has 1 aromatic heterocycles. The van der Waals surface area contributed by atoms with Gasteiger partial charge in [0.25, 0.3) is 5.91 Å². The Morgan fingerprint density at radius 3 is 2.78 bits per heavy atom. The minimum absolute atomic E-state index is 0. The quantitative estimate of drug-likeness (QED) is 0.635. The van der Waals surface area contributed by atoms with Crippen LogP contribution >= 0.6 is 35.5 Å². The largest absolute Gasteiger partial charge is 0.336 e. The van der Waals surface area contributed by atoms with E-state index < -0.39 is 0 Å². The molecule has 2 heterocycles. The monoisotopic (exact) mass is 419 g/mol. The van der Waals surface area contributed by atoms with E-state index in [2.05, 4.69) is 35.4 Å². The predicted molar refractivity (Wildman–Crippen MR) is 116 cm³/mol. The second-order valence-electron chi connectivity index (χ2n) is 6.54. The summed E-state index contributed by atoms with van der Waals surface area (Å²) >= 11 is 3.47. The fourth-order valence-corrected chi connectivity index (χ4v) is 5.13. The Morgan fingerprint density at radius 1 is 1.26 bits per heavy atom. The van der Waals surface area contributed by atoms with Gasteiger partial charge in [-0.25, -0.2) is 4.98 Å². The third-order valence-corrected chi connectivity index (χ3v) is 6.74. The number of amides is 1. The average molecular weight is 420 g/mol. The number of benzene rings is 2. The van der Waals surface area contributed by atoms with E-state index in [4.69, 9.17) is 0 Å². The van der Waals surface area contributed by atoms with Crippen LogP contribution in [0.15, 0.2) is 52.9 Å². The molecule has 27 heavy (non-hydrogen) atoms. The van der Waals surface area contributed by atoms with Crippen LogP contribution in [-0.4, -0.2) is 41.5 Å². The van der Waals surface area contributed by atoms with Gasteiger partial charge in [0.15, 0.2) is 4.34 Å². The molecule has 1 saturated heterocycles. The summed E-state index contributed by atoms with van der Waals surface area (Å²) in [5, 5.41) is 3.37. The van der Waals surface area contributed by atoms with Crippen LogP contribution in [0, 0.1) is 0 Å². The average Bonchev–Trinajstić information content (AvgIpc) is 3.09. The SMILES string of the molecule is C[C@@H]1CN(C(=O)c2ccc(CSc3nc4ccccc4s3)cc2)CCN1.Cl. The molecular weight excluding hydrogens is 398 g/mol. The number of hydrogen-bond donors (Lipinski definition) is 1. The molecule has 0 spiro atoms. The van der Waals surface area contributed by atoms with Crippen LogP contribution in [0.5, 0.6) is 0 Å². The molecule has 4 nitrogen and oxygen atoms in total. The highest BCUT2D eigenvalue weighted by atomic mass is 35.5. The van der Waals surface area contributed by atoms with E-state index in [-0.39, 0.29) is 18.3 Å². The third-order valence-electron chi connectivity index (χ3n) is 4.49. The highest BCUT2D eigenvalue weighted by molar-refractivity contribution is 8.00. The Balaban J connectivity index is 0.00000210. The predicted octanol–water partition coefficient (Wildman–Crippen LogP) is 4.44. The minimum atomic E-state index is 0. The molecule has 1 aliphatic rings. The molecule has 0 aliphatic carbocycles. The number of carbonyl (C=O) groups excluding carboxylic acids is 1. The molecule has 7 heteroatoms. The Hall–Kier alpha value is -1.60. The summed E-state index contributed by atoms with van der Waals surface area (Å²) in [4.78, 5) is 19.2. The van der Waals surface area contributed by atoms with Crippen LogP contribution in [0.1, 0.15) is 22.8 Å². The van der Waals surface area contributed by atoms with Crippen LogP contribution in [0.3, 0.4) is 0 Å². The summed E-state index contributed by atoms with van der Waals surface area (Å²) in [6.07, 6.45) is 0. The maximum atomic E-state index is 12.6. The van der Waals surface area contributed by atoms with Gasteiger partial charge in [-0.2, -0.15) is 0 Å². The number of nitrogens with zero attached hydrogens (tertiary/aromatic N) is 2. The molecular formula is C20H22ClN3OS2. The van der Waals surface area contributed by atoms with Crippen LogP contribution in [0.2, 0.25) is 0 Å². The van der Waals surface area contributed by atoms with E-state index >= 15 is 0 Å². The maximum absolute atomic E-state index is 12.6. The van der Waals surface area contributed by atoms with Crippen LogP contribution in [0.25, 0.3) is 10.2 Å². The van der Waals surface area contributed by atoms with Gasteiger partial charge in [-0.1, -0.05) is 36.0 Å². The van der Waals surface area contributed by atoms with Crippen molar-refractivity contribution in [2.24, 2.45) is 0 Å². The number of para-hydroxylation sites is 1. The van der Waals surface area contributed by atoms with Crippen LogP contribution < -0.4 is 5.32 Å². The Kier molecular flexibility index (Phi) is 6.76. The summed E-state index contributed by atoms with van der Waals surface area (Å²) in [5.74, 6) is 0.989. The van der Waals surface area contributed by atoms with Crippen LogP contribution in [0.4, 0.5) is 0 Å². The van der Waals surface area contributed by atoms with E-state index in [1.165, 1.54) is 10.3 Å². The molecule has 2 aromatic carbocycles. The van der Waals surface area contributed by atoms with Crippen molar-refractivity contribution in [3.8, 4) is 0 Å². The molecule has 1 aliphatic heterocycles. The molecule has 142 valence electrons. The van der Waals surface area contributed by atoms with Crippen LogP contribution in [-0.2, 0) is 5.75 Å². The van der Waals surface area contributed by atoms with E-state index in [1.807, 2.05) is 35.2 Å². The van der Waals surface area contributed by atoms with Crippen molar-refractivity contribution in [1.82, 2.24) is 15.2 Å². The van der Waals surface area contributed by atoms with Crippen molar-refractivity contribution in [3.05, 3.63) is 59.7 Å². The van der Waals surface area contributed by atoms with Gasteiger partial charge in [0, 0.05) is 37.0 Å². The molecule has 1 fully saturated rings. The lowest BCUT2D eigenvalue weighted by atomic mass is 10.1. The number of aromatic nitrogens is 1. The first-order valence-corrected chi connectivity index (χ1v) is 10.6. The third kappa shape index (κ3) is 4.82. The highest BCUT2D eigenvalue weighted by Gasteiger charge is 2.21. The summed E-state index contributed by atoms with van der Waals surface area (Å²) in [6.45, 7) is 4.53. The van der Waals surface area contributed by atoms with Crippen molar-refractivity contribution in [2.75, 3.05) is 19.6 Å². The number of fused-ring (bicyclic) bond motifs is 1. The molecule has 0 radical (unpaired) electrons. The number of halogens is 1. The Morgan fingerprint density at radius 2 is 2.04 bits per heavy atom. The Labute approximate surface area is 173 Å². The van der Waals surface area contributed by atoms with Gasteiger partial charge >= 0.3 is 0 Å². The summed E-state index contributed by atoms with van der Waals surface area (Å²) in [6, 6.07) is 16.6. The fraction of sp³-hybridized carbons (Fsp3) is 0.300. The summed E-state index contributed by atoms with van der Waals surface area (Å²) in [7, 11) is 0. The number of piperazine rings is 1. The van der Waals surface area contributed by atoms with E-state index in [0.717, 1.165) is 40.8 Å². The van der Waals surface area contributed by atoms with Gasteiger partial charge in [0.1, 0.15) is 0 Å². The normalized spacial score (nSPS) is 16.9. The van der Waals surface area contributed by atoms with E-state index in [9.17, 15) is 4.79 Å². The van der Waals surface area contributed by atoms with Crippen molar-refractivity contribution < 1.29 is 4.79 Å². The number of hydrogen-bond acceptors (Lipinski definition) is 5. The second-order valence-corrected chi connectivity index (χ2v) is 8.79. The number of rotatable bonds is 4. The number of thiazole rings is 1. The second kappa shape index (κ2) is 9.06.